The number of hydrogen-bond donors (Lipinski definition) is 1. The molecule has 6 heteroatoms. The van der Waals surface area contributed by atoms with E-state index < -0.39 is 0 Å². The molecule has 2 aliphatic heterocycles. The second-order valence-corrected chi connectivity index (χ2v) is 6.86. The zero-order chi connectivity index (χ0) is 14.7. The lowest BCUT2D eigenvalue weighted by Crippen LogP contribution is -2.53. The Morgan fingerprint density at radius 3 is 2.81 bits per heavy atom. The van der Waals surface area contributed by atoms with Crippen LogP contribution in [-0.2, 0) is 4.74 Å². The molecule has 0 bridgehead atoms. The molecular formula is C15H22N2O3S. The summed E-state index contributed by atoms with van der Waals surface area (Å²) >= 11 is 1.56. The highest BCUT2D eigenvalue weighted by Crippen LogP contribution is 2.28. The van der Waals surface area contributed by atoms with Gasteiger partial charge >= 0.3 is 0 Å². The van der Waals surface area contributed by atoms with E-state index >= 15 is 0 Å². The quantitative estimate of drug-likeness (QED) is 0.898. The molecule has 3 rings (SSSR count). The molecule has 0 saturated carbocycles. The zero-order valence-corrected chi connectivity index (χ0v) is 13.0. The molecular weight excluding hydrogens is 288 g/mol. The highest BCUT2D eigenvalue weighted by molar-refractivity contribution is 7.08. The first-order chi connectivity index (χ1) is 10.2. The lowest BCUT2D eigenvalue weighted by molar-refractivity contribution is -0.147. The van der Waals surface area contributed by atoms with Crippen molar-refractivity contribution in [2.24, 2.45) is 5.41 Å². The molecule has 0 atom stereocenters. The van der Waals surface area contributed by atoms with Gasteiger partial charge in [0.2, 0.25) is 0 Å². The van der Waals surface area contributed by atoms with E-state index in [1.54, 1.807) is 11.3 Å². The van der Waals surface area contributed by atoms with Crippen LogP contribution in [0.4, 0.5) is 0 Å². The summed E-state index contributed by atoms with van der Waals surface area (Å²) in [6, 6.07) is 1.89. The summed E-state index contributed by atoms with van der Waals surface area (Å²) in [7, 11) is 0. The topological polar surface area (TPSA) is 53.0 Å². The third-order valence-electron chi connectivity index (χ3n) is 4.35. The molecule has 5 nitrogen and oxygen atoms in total. The van der Waals surface area contributed by atoms with Crippen LogP contribution in [0.15, 0.2) is 16.8 Å². The van der Waals surface area contributed by atoms with Crippen LogP contribution in [-0.4, -0.2) is 73.4 Å². The molecule has 0 radical (unpaired) electrons. The lowest BCUT2D eigenvalue weighted by atomic mass is 9.86. The molecule has 0 spiro atoms. The van der Waals surface area contributed by atoms with Crippen LogP contribution >= 0.6 is 11.3 Å². The lowest BCUT2D eigenvalue weighted by Gasteiger charge is -2.43. The van der Waals surface area contributed by atoms with E-state index in [-0.39, 0.29) is 17.9 Å². The largest absolute Gasteiger partial charge is 0.396 e. The molecule has 1 aromatic heterocycles. The van der Waals surface area contributed by atoms with Crippen molar-refractivity contribution < 1.29 is 14.6 Å². The number of aliphatic hydroxyl groups excluding tert-OH is 1. The number of thiophene rings is 1. The minimum atomic E-state index is -0.0768. The van der Waals surface area contributed by atoms with Crippen molar-refractivity contribution in [2.75, 3.05) is 52.5 Å². The van der Waals surface area contributed by atoms with Gasteiger partial charge in [0.05, 0.1) is 30.8 Å². The standard InChI is InChI=1S/C15H22N2O3S/c18-10-15(11-20-12-15)9-16-3-1-4-17(6-5-16)14(19)13-2-7-21-8-13/h2,7-8,18H,1,3-6,9-12H2. The van der Waals surface area contributed by atoms with E-state index in [1.807, 2.05) is 21.7 Å². The minimum Gasteiger partial charge on any atom is -0.396 e. The summed E-state index contributed by atoms with van der Waals surface area (Å²) in [4.78, 5) is 16.7. The number of carbonyl (C=O) groups is 1. The fraction of sp³-hybridized carbons (Fsp3) is 0.667. The third-order valence-corrected chi connectivity index (χ3v) is 5.04. The summed E-state index contributed by atoms with van der Waals surface area (Å²) in [5.74, 6) is 0.141. The van der Waals surface area contributed by atoms with E-state index in [4.69, 9.17) is 4.74 Å². The maximum absolute atomic E-state index is 12.4. The Balaban J connectivity index is 1.55. The van der Waals surface area contributed by atoms with Crippen molar-refractivity contribution in [2.45, 2.75) is 6.42 Å². The van der Waals surface area contributed by atoms with Crippen LogP contribution in [0.25, 0.3) is 0 Å². The Hall–Kier alpha value is -0.950. The highest BCUT2D eigenvalue weighted by Gasteiger charge is 2.39. The first kappa shape index (κ1) is 15.0. The fourth-order valence-electron chi connectivity index (χ4n) is 3.00. The van der Waals surface area contributed by atoms with Gasteiger partial charge in [-0.2, -0.15) is 11.3 Å². The predicted octanol–water partition coefficient (Wildman–Crippen LogP) is 0.905. The Bertz CT molecular complexity index is 468. The van der Waals surface area contributed by atoms with Gasteiger partial charge in [-0.15, -0.1) is 0 Å². The van der Waals surface area contributed by atoms with E-state index in [1.165, 1.54) is 0 Å². The smallest absolute Gasteiger partial charge is 0.254 e. The number of aliphatic hydroxyl groups is 1. The van der Waals surface area contributed by atoms with E-state index in [0.717, 1.165) is 44.7 Å². The van der Waals surface area contributed by atoms with Crippen LogP contribution in [0.1, 0.15) is 16.8 Å². The molecule has 2 fully saturated rings. The van der Waals surface area contributed by atoms with Crippen LogP contribution in [0.2, 0.25) is 0 Å². The fourth-order valence-corrected chi connectivity index (χ4v) is 3.63. The molecule has 2 aliphatic rings. The highest BCUT2D eigenvalue weighted by atomic mass is 32.1. The Morgan fingerprint density at radius 1 is 1.33 bits per heavy atom. The summed E-state index contributed by atoms with van der Waals surface area (Å²) in [5.41, 5.74) is 0.722. The Labute approximate surface area is 129 Å². The molecule has 1 aromatic rings. The zero-order valence-electron chi connectivity index (χ0n) is 12.2. The van der Waals surface area contributed by atoms with Crippen molar-refractivity contribution in [3.8, 4) is 0 Å². The monoisotopic (exact) mass is 310 g/mol. The number of rotatable bonds is 4. The first-order valence-electron chi connectivity index (χ1n) is 7.45. The van der Waals surface area contributed by atoms with Crippen molar-refractivity contribution >= 4 is 17.2 Å². The van der Waals surface area contributed by atoms with Crippen molar-refractivity contribution in [3.63, 3.8) is 0 Å². The maximum atomic E-state index is 12.4. The van der Waals surface area contributed by atoms with Gasteiger partial charge in [0.1, 0.15) is 0 Å². The average Bonchev–Trinajstić information content (AvgIpc) is 2.89. The van der Waals surface area contributed by atoms with Crippen molar-refractivity contribution in [1.29, 1.82) is 0 Å². The number of hydrogen-bond acceptors (Lipinski definition) is 5. The second-order valence-electron chi connectivity index (χ2n) is 6.08. The summed E-state index contributed by atoms with van der Waals surface area (Å²) < 4.78 is 5.26. The summed E-state index contributed by atoms with van der Waals surface area (Å²) in [5, 5.41) is 13.4. The number of ether oxygens (including phenoxy) is 1. The SMILES string of the molecule is O=C(c1ccsc1)N1CCCN(CC2(CO)COC2)CC1. The minimum absolute atomic E-state index is 0.0768. The number of carbonyl (C=O) groups excluding carboxylic acids is 1. The van der Waals surface area contributed by atoms with Gasteiger partial charge in [-0.1, -0.05) is 0 Å². The van der Waals surface area contributed by atoms with Crippen LogP contribution in [0, 0.1) is 5.41 Å². The molecule has 0 aromatic carbocycles. The molecule has 0 aliphatic carbocycles. The summed E-state index contributed by atoms with van der Waals surface area (Å²) in [6.07, 6.45) is 0.984. The molecule has 21 heavy (non-hydrogen) atoms. The molecule has 1 N–H and O–H groups in total. The molecule has 116 valence electrons. The van der Waals surface area contributed by atoms with E-state index in [2.05, 4.69) is 4.90 Å². The van der Waals surface area contributed by atoms with Crippen molar-refractivity contribution in [1.82, 2.24) is 9.80 Å². The van der Waals surface area contributed by atoms with Gasteiger partial charge in [-0.05, 0) is 24.4 Å². The van der Waals surface area contributed by atoms with E-state index in [9.17, 15) is 9.90 Å². The normalized spacial score (nSPS) is 22.6. The molecule has 3 heterocycles. The van der Waals surface area contributed by atoms with Gasteiger partial charge < -0.3 is 19.6 Å². The van der Waals surface area contributed by atoms with Gasteiger partial charge in [-0.25, -0.2) is 0 Å². The van der Waals surface area contributed by atoms with Gasteiger partial charge in [0.25, 0.3) is 5.91 Å². The molecule has 1 amide bonds. The van der Waals surface area contributed by atoms with Crippen LogP contribution in [0.5, 0.6) is 0 Å². The third kappa shape index (κ3) is 3.29. The van der Waals surface area contributed by atoms with Crippen molar-refractivity contribution in [3.05, 3.63) is 22.4 Å². The molecule has 0 unspecified atom stereocenters. The maximum Gasteiger partial charge on any atom is 0.254 e. The predicted molar refractivity (Wildman–Crippen MR) is 81.6 cm³/mol. The van der Waals surface area contributed by atoms with Crippen LogP contribution in [0.3, 0.4) is 0 Å². The van der Waals surface area contributed by atoms with Gasteiger partial charge in [-0.3, -0.25) is 4.79 Å². The second kappa shape index (κ2) is 6.44. The van der Waals surface area contributed by atoms with E-state index in [0.29, 0.717) is 13.2 Å². The summed E-state index contributed by atoms with van der Waals surface area (Å²) in [6.45, 7) is 5.78. The Morgan fingerprint density at radius 2 is 2.19 bits per heavy atom. The van der Waals surface area contributed by atoms with Gasteiger partial charge in [0.15, 0.2) is 0 Å². The molecule has 2 saturated heterocycles. The number of amides is 1. The first-order valence-corrected chi connectivity index (χ1v) is 8.39. The van der Waals surface area contributed by atoms with Crippen LogP contribution < -0.4 is 0 Å². The Kier molecular flexibility index (Phi) is 4.59. The number of nitrogens with zero attached hydrogens (tertiary/aromatic N) is 2. The van der Waals surface area contributed by atoms with Gasteiger partial charge in [0, 0.05) is 31.6 Å². The average molecular weight is 310 g/mol.